The summed E-state index contributed by atoms with van der Waals surface area (Å²) in [5.74, 6) is 1.88. The number of hydrogen-bond acceptors (Lipinski definition) is 9. The molecule has 3 aromatic carbocycles. The molecule has 7 rings (SSSR count). The minimum Gasteiger partial charge on any atom is -0.497 e. The van der Waals surface area contributed by atoms with Crippen LogP contribution in [0.1, 0.15) is 63.1 Å². The third-order valence-electron chi connectivity index (χ3n) is 10.4. The second kappa shape index (κ2) is 17.7. The smallest absolute Gasteiger partial charge is 0.407 e. The van der Waals surface area contributed by atoms with Crippen molar-refractivity contribution in [3.8, 4) is 22.6 Å². The molecule has 0 aliphatic heterocycles. The fraction of sp³-hybridized carbons (Fsp3) is 0.333. The van der Waals surface area contributed by atoms with Crippen molar-refractivity contribution in [3.63, 3.8) is 0 Å². The van der Waals surface area contributed by atoms with Crippen LogP contribution in [0.4, 0.5) is 21.9 Å². The highest BCUT2D eigenvalue weighted by atomic mass is 35.5. The predicted molar refractivity (Wildman–Crippen MR) is 234 cm³/mol. The summed E-state index contributed by atoms with van der Waals surface area (Å²) < 4.78 is 19.9. The third-order valence-corrected chi connectivity index (χ3v) is 10.7. The summed E-state index contributed by atoms with van der Waals surface area (Å²) in [5, 5.41) is 16.4. The Labute approximate surface area is 350 Å². The topological polar surface area (TPSA) is 146 Å². The normalized spacial score (nSPS) is 15.8. The maximum absolute atomic E-state index is 12.5. The minimum atomic E-state index is -0.554. The van der Waals surface area contributed by atoms with E-state index in [1.165, 1.54) is 0 Å². The minimum absolute atomic E-state index is 0.0328. The van der Waals surface area contributed by atoms with Gasteiger partial charge >= 0.3 is 6.09 Å². The number of rotatable bonds is 13. The summed E-state index contributed by atoms with van der Waals surface area (Å²) in [6.45, 7) is 6.86. The van der Waals surface area contributed by atoms with Gasteiger partial charge in [-0.3, -0.25) is 4.68 Å². The number of methoxy groups -OCH3 is 2. The van der Waals surface area contributed by atoms with Gasteiger partial charge in [0.15, 0.2) is 0 Å². The number of aryl methyl sites for hydroxylation is 1. The van der Waals surface area contributed by atoms with E-state index in [1.54, 1.807) is 25.1 Å². The van der Waals surface area contributed by atoms with Crippen LogP contribution >= 0.6 is 11.6 Å². The zero-order valence-electron chi connectivity index (χ0n) is 34.4. The molecule has 1 amide bonds. The number of aliphatic imine (C=N–C) groups is 1. The summed E-state index contributed by atoms with van der Waals surface area (Å²) in [7, 11) is 5.22. The first-order valence-corrected chi connectivity index (χ1v) is 20.1. The molecule has 3 heterocycles. The second-order valence-electron chi connectivity index (χ2n) is 15.9. The average molecular weight is 818 g/mol. The molecule has 13 nitrogen and oxygen atoms in total. The van der Waals surface area contributed by atoms with Gasteiger partial charge in [0.1, 0.15) is 22.9 Å². The second-order valence-corrected chi connectivity index (χ2v) is 16.3. The standard InChI is InChI=1S/C45H52ClN9O4/c1-45(2,3)59-44(56)51-34-13-11-33(12-14-34)50-42-38(24-49-55-28-31(21-41(42)55)32-23-48-53(4)27-32)43(47)52-40-20-15-35(22-39(40)46)54(25-29-7-16-36(57-5)17-8-29)26-30-9-18-37(58-6)19-10-30/h7-10,15-24,27-28,33-34,50H,11-14,25-26H2,1-6H3,(H2,47,52)(H,51,56). The maximum Gasteiger partial charge on any atom is 0.407 e. The molecule has 1 saturated carbocycles. The van der Waals surface area contributed by atoms with Crippen LogP contribution in [0.3, 0.4) is 0 Å². The van der Waals surface area contributed by atoms with Crippen LogP contribution < -0.4 is 30.7 Å². The zero-order chi connectivity index (χ0) is 41.7. The van der Waals surface area contributed by atoms with Crippen molar-refractivity contribution in [2.24, 2.45) is 17.8 Å². The fourth-order valence-corrected chi connectivity index (χ4v) is 7.52. The van der Waals surface area contributed by atoms with E-state index in [2.05, 4.69) is 51.0 Å². The quantitative estimate of drug-likeness (QED) is 0.0769. The van der Waals surface area contributed by atoms with E-state index in [4.69, 9.17) is 41.6 Å². The Kier molecular flexibility index (Phi) is 12.3. The van der Waals surface area contributed by atoms with Crippen molar-refractivity contribution >= 4 is 46.1 Å². The highest BCUT2D eigenvalue weighted by Gasteiger charge is 2.27. The van der Waals surface area contributed by atoms with Crippen molar-refractivity contribution in [2.75, 3.05) is 24.4 Å². The Morgan fingerprint density at radius 3 is 2.05 bits per heavy atom. The van der Waals surface area contributed by atoms with Crippen molar-refractivity contribution in [2.45, 2.75) is 77.2 Å². The number of carbonyl (C=O) groups is 1. The van der Waals surface area contributed by atoms with E-state index in [0.29, 0.717) is 29.4 Å². The van der Waals surface area contributed by atoms with Crippen molar-refractivity contribution < 1.29 is 19.0 Å². The number of halogens is 1. The summed E-state index contributed by atoms with van der Waals surface area (Å²) in [4.78, 5) is 19.6. The summed E-state index contributed by atoms with van der Waals surface area (Å²) in [6.07, 6.45) is 10.4. The third kappa shape index (κ3) is 10.3. The average Bonchev–Trinajstić information content (AvgIpc) is 3.85. The first-order valence-electron chi connectivity index (χ1n) is 19.8. The van der Waals surface area contributed by atoms with E-state index in [-0.39, 0.29) is 24.0 Å². The SMILES string of the molecule is COc1ccc(CN(Cc2ccc(OC)cc2)c2ccc(N=C(N)c3cnn4cc(-c5cnn(C)c5)cc4c3NC3CCC(NC(=O)OC(C)(C)C)CC3)c(Cl)c2)cc1. The van der Waals surface area contributed by atoms with Gasteiger partial charge in [-0.15, -0.1) is 0 Å². The summed E-state index contributed by atoms with van der Waals surface area (Å²) in [6, 6.07) is 24.2. The van der Waals surface area contributed by atoms with Gasteiger partial charge < -0.3 is 35.5 Å². The Balaban J connectivity index is 1.17. The number of ether oxygens (including phenoxy) is 3. The van der Waals surface area contributed by atoms with Gasteiger partial charge in [0.25, 0.3) is 0 Å². The van der Waals surface area contributed by atoms with Crippen LogP contribution in [0.25, 0.3) is 16.6 Å². The summed E-state index contributed by atoms with van der Waals surface area (Å²) >= 11 is 7.03. The Bertz CT molecular complexity index is 2360. The maximum atomic E-state index is 12.5. The highest BCUT2D eigenvalue weighted by molar-refractivity contribution is 6.33. The fourth-order valence-electron chi connectivity index (χ4n) is 7.31. The molecular weight excluding hydrogens is 766 g/mol. The molecule has 0 bridgehead atoms. The lowest BCUT2D eigenvalue weighted by Crippen LogP contribution is -2.42. The number of anilines is 2. The molecule has 1 aliphatic rings. The largest absolute Gasteiger partial charge is 0.497 e. The molecule has 0 saturated heterocycles. The van der Waals surface area contributed by atoms with E-state index >= 15 is 0 Å². The van der Waals surface area contributed by atoms with E-state index in [1.807, 2.05) is 93.4 Å². The molecule has 0 atom stereocenters. The molecule has 0 radical (unpaired) electrons. The Morgan fingerprint density at radius 2 is 1.49 bits per heavy atom. The molecule has 1 fully saturated rings. The molecule has 14 heteroatoms. The van der Waals surface area contributed by atoms with Crippen LogP contribution in [-0.4, -0.2) is 63.2 Å². The van der Waals surface area contributed by atoms with Crippen LogP contribution in [0.5, 0.6) is 11.5 Å². The van der Waals surface area contributed by atoms with Crippen LogP contribution in [0, 0.1) is 0 Å². The van der Waals surface area contributed by atoms with Gasteiger partial charge in [0, 0.05) is 61.4 Å². The zero-order valence-corrected chi connectivity index (χ0v) is 35.2. The molecule has 59 heavy (non-hydrogen) atoms. The van der Waals surface area contributed by atoms with Gasteiger partial charge in [-0.25, -0.2) is 14.3 Å². The number of alkyl carbamates (subject to hydrolysis) is 1. The molecular formula is C45H52ClN9O4. The number of nitrogens with one attached hydrogen (secondary N) is 2. The molecule has 3 aromatic heterocycles. The number of carbonyl (C=O) groups excluding carboxylic acids is 1. The lowest BCUT2D eigenvalue weighted by Gasteiger charge is -2.31. The first-order chi connectivity index (χ1) is 28.3. The molecule has 0 unspecified atom stereocenters. The van der Waals surface area contributed by atoms with Gasteiger partial charge in [-0.1, -0.05) is 35.9 Å². The monoisotopic (exact) mass is 817 g/mol. The Morgan fingerprint density at radius 1 is 0.864 bits per heavy atom. The first kappa shape index (κ1) is 41.0. The van der Waals surface area contributed by atoms with Crippen LogP contribution in [-0.2, 0) is 24.9 Å². The number of amides is 1. The highest BCUT2D eigenvalue weighted by Crippen LogP contribution is 2.35. The molecule has 0 spiro atoms. The lowest BCUT2D eigenvalue weighted by molar-refractivity contribution is 0.0492. The van der Waals surface area contributed by atoms with E-state index < -0.39 is 5.60 Å². The van der Waals surface area contributed by atoms with Crippen molar-refractivity contribution in [1.29, 1.82) is 0 Å². The van der Waals surface area contributed by atoms with Crippen molar-refractivity contribution in [1.82, 2.24) is 24.7 Å². The van der Waals surface area contributed by atoms with Crippen LogP contribution in [0.2, 0.25) is 5.02 Å². The number of amidine groups is 1. The van der Waals surface area contributed by atoms with Crippen molar-refractivity contribution in [3.05, 3.63) is 119 Å². The van der Waals surface area contributed by atoms with Gasteiger partial charge in [0.05, 0.1) is 54.1 Å². The van der Waals surface area contributed by atoms with Gasteiger partial charge in [0.2, 0.25) is 0 Å². The van der Waals surface area contributed by atoms with E-state index in [0.717, 1.165) is 76.3 Å². The molecule has 1 aliphatic carbocycles. The molecule has 6 aromatic rings. The number of benzene rings is 3. The number of nitrogens with zero attached hydrogens (tertiary/aromatic N) is 6. The number of nitrogens with two attached hydrogens (primary N) is 1. The molecule has 4 N–H and O–H groups in total. The number of fused-ring (bicyclic) bond motifs is 1. The number of hydrogen-bond donors (Lipinski definition) is 3. The van der Waals surface area contributed by atoms with Gasteiger partial charge in [-0.2, -0.15) is 10.2 Å². The predicted octanol–water partition coefficient (Wildman–Crippen LogP) is 8.90. The lowest BCUT2D eigenvalue weighted by atomic mass is 9.91. The molecule has 308 valence electrons. The number of aromatic nitrogens is 4. The Hall–Kier alpha value is -6.21. The van der Waals surface area contributed by atoms with Crippen LogP contribution in [0.15, 0.2) is 103 Å². The van der Waals surface area contributed by atoms with E-state index in [9.17, 15) is 4.79 Å². The van der Waals surface area contributed by atoms with Gasteiger partial charge in [-0.05, 0) is 106 Å². The summed E-state index contributed by atoms with van der Waals surface area (Å²) in [5.41, 5.74) is 14.3.